The normalized spacial score (nSPS) is 26.8. The molecule has 0 amide bonds. The zero-order valence-electron chi connectivity index (χ0n) is 9.32. The fourth-order valence-corrected chi connectivity index (χ4v) is 2.60. The van der Waals surface area contributed by atoms with Crippen LogP contribution in [0.5, 0.6) is 0 Å². The molecule has 15 heavy (non-hydrogen) atoms. The molecule has 0 aromatic rings. The van der Waals surface area contributed by atoms with Gasteiger partial charge in [0.05, 0.1) is 5.75 Å². The van der Waals surface area contributed by atoms with Crippen LogP contribution in [0, 0.1) is 11.8 Å². The molecular formula is C10H19NO3S. The fourth-order valence-electron chi connectivity index (χ4n) is 1.94. The minimum absolute atomic E-state index is 0.0876. The number of hydrogen-bond acceptors (Lipinski definition) is 4. The summed E-state index contributed by atoms with van der Waals surface area (Å²) in [5, 5.41) is 3.17. The lowest BCUT2D eigenvalue weighted by Gasteiger charge is -2.12. The molecule has 0 saturated carbocycles. The van der Waals surface area contributed by atoms with Gasteiger partial charge < -0.3 is 5.32 Å². The first-order chi connectivity index (χ1) is 6.90. The number of Topliss-reactive ketones (excluding diaryl/α,β-unsaturated/α-hetero) is 1. The SMILES string of the molecule is CC1CNCC1C(=O)CCCS(C)(=O)=O. The van der Waals surface area contributed by atoms with Crippen molar-refractivity contribution in [2.75, 3.05) is 25.1 Å². The summed E-state index contributed by atoms with van der Waals surface area (Å²) in [7, 11) is -2.92. The van der Waals surface area contributed by atoms with Crippen LogP contribution in [-0.2, 0) is 14.6 Å². The average Bonchev–Trinajstić information content (AvgIpc) is 2.48. The average molecular weight is 233 g/mol. The predicted octanol–water partition coefficient (Wildman–Crippen LogP) is 0.236. The highest BCUT2D eigenvalue weighted by Crippen LogP contribution is 2.18. The first kappa shape index (κ1) is 12.6. The van der Waals surface area contributed by atoms with Gasteiger partial charge in [-0.25, -0.2) is 8.42 Å². The van der Waals surface area contributed by atoms with Crippen LogP contribution in [-0.4, -0.2) is 39.3 Å². The third-order valence-electron chi connectivity index (χ3n) is 2.87. The molecule has 88 valence electrons. The Morgan fingerprint density at radius 1 is 1.40 bits per heavy atom. The van der Waals surface area contributed by atoms with E-state index in [1.807, 2.05) is 0 Å². The number of ketones is 1. The van der Waals surface area contributed by atoms with Gasteiger partial charge in [0.1, 0.15) is 15.6 Å². The fraction of sp³-hybridized carbons (Fsp3) is 0.900. The minimum Gasteiger partial charge on any atom is -0.316 e. The Kier molecular flexibility index (Phi) is 4.28. The summed E-state index contributed by atoms with van der Waals surface area (Å²) in [5.74, 6) is 0.796. The highest BCUT2D eigenvalue weighted by atomic mass is 32.2. The molecule has 4 nitrogen and oxygen atoms in total. The van der Waals surface area contributed by atoms with E-state index in [2.05, 4.69) is 12.2 Å². The van der Waals surface area contributed by atoms with Crippen molar-refractivity contribution in [3.8, 4) is 0 Å². The van der Waals surface area contributed by atoms with Crippen molar-refractivity contribution in [2.45, 2.75) is 19.8 Å². The maximum Gasteiger partial charge on any atom is 0.147 e. The van der Waals surface area contributed by atoms with Gasteiger partial charge >= 0.3 is 0 Å². The lowest BCUT2D eigenvalue weighted by Crippen LogP contribution is -2.21. The van der Waals surface area contributed by atoms with E-state index in [1.54, 1.807) is 0 Å². The van der Waals surface area contributed by atoms with Crippen LogP contribution in [0.25, 0.3) is 0 Å². The quantitative estimate of drug-likeness (QED) is 0.738. The maximum absolute atomic E-state index is 11.7. The van der Waals surface area contributed by atoms with E-state index in [0.717, 1.165) is 13.1 Å². The third-order valence-corrected chi connectivity index (χ3v) is 3.90. The highest BCUT2D eigenvalue weighted by Gasteiger charge is 2.28. The van der Waals surface area contributed by atoms with E-state index in [9.17, 15) is 13.2 Å². The van der Waals surface area contributed by atoms with Crippen LogP contribution in [0.15, 0.2) is 0 Å². The molecule has 5 heteroatoms. The van der Waals surface area contributed by atoms with Crippen LogP contribution < -0.4 is 5.32 Å². The molecule has 1 rings (SSSR count). The Morgan fingerprint density at radius 3 is 2.53 bits per heavy atom. The zero-order chi connectivity index (χ0) is 11.5. The van der Waals surface area contributed by atoms with Crippen molar-refractivity contribution in [2.24, 2.45) is 11.8 Å². The van der Waals surface area contributed by atoms with Gasteiger partial charge in [0.15, 0.2) is 0 Å². The van der Waals surface area contributed by atoms with Gasteiger partial charge in [-0.15, -0.1) is 0 Å². The van der Waals surface area contributed by atoms with E-state index in [1.165, 1.54) is 6.26 Å². The van der Waals surface area contributed by atoms with Gasteiger partial charge in [0, 0.05) is 25.1 Å². The number of hydrogen-bond donors (Lipinski definition) is 1. The van der Waals surface area contributed by atoms with E-state index in [-0.39, 0.29) is 17.5 Å². The Bertz CT molecular complexity index is 324. The van der Waals surface area contributed by atoms with Gasteiger partial charge in [0.25, 0.3) is 0 Å². The maximum atomic E-state index is 11.7. The Hall–Kier alpha value is -0.420. The van der Waals surface area contributed by atoms with Gasteiger partial charge in [0.2, 0.25) is 0 Å². The van der Waals surface area contributed by atoms with Crippen molar-refractivity contribution in [3.63, 3.8) is 0 Å². The smallest absolute Gasteiger partial charge is 0.147 e. The molecule has 1 N–H and O–H groups in total. The second-order valence-corrected chi connectivity index (χ2v) is 6.70. The summed E-state index contributed by atoms with van der Waals surface area (Å²) >= 11 is 0. The molecule has 1 heterocycles. The number of carbonyl (C=O) groups excluding carboxylic acids is 1. The van der Waals surface area contributed by atoms with Crippen LogP contribution in [0.2, 0.25) is 0 Å². The van der Waals surface area contributed by atoms with Crippen LogP contribution >= 0.6 is 0 Å². The van der Waals surface area contributed by atoms with Gasteiger partial charge in [-0.05, 0) is 18.9 Å². The molecular weight excluding hydrogens is 214 g/mol. The predicted molar refractivity (Wildman–Crippen MR) is 59.5 cm³/mol. The zero-order valence-corrected chi connectivity index (χ0v) is 10.1. The molecule has 0 bridgehead atoms. The Morgan fingerprint density at radius 2 is 2.07 bits per heavy atom. The molecule has 0 radical (unpaired) electrons. The highest BCUT2D eigenvalue weighted by molar-refractivity contribution is 7.90. The molecule has 0 aromatic carbocycles. The van der Waals surface area contributed by atoms with Crippen LogP contribution in [0.3, 0.4) is 0 Å². The van der Waals surface area contributed by atoms with E-state index >= 15 is 0 Å². The Balaban J connectivity index is 2.30. The molecule has 1 fully saturated rings. The summed E-state index contributed by atoms with van der Waals surface area (Å²) in [6, 6.07) is 0. The first-order valence-electron chi connectivity index (χ1n) is 5.31. The lowest BCUT2D eigenvalue weighted by atomic mass is 9.91. The van der Waals surface area contributed by atoms with Crippen molar-refractivity contribution >= 4 is 15.6 Å². The number of carbonyl (C=O) groups is 1. The second kappa shape index (κ2) is 5.07. The van der Waals surface area contributed by atoms with Crippen molar-refractivity contribution in [1.82, 2.24) is 5.32 Å². The summed E-state index contributed by atoms with van der Waals surface area (Å²) in [6.07, 6.45) is 2.06. The van der Waals surface area contributed by atoms with Crippen LogP contribution in [0.1, 0.15) is 19.8 Å². The van der Waals surface area contributed by atoms with E-state index in [0.29, 0.717) is 18.8 Å². The van der Waals surface area contributed by atoms with Gasteiger partial charge in [-0.2, -0.15) is 0 Å². The topological polar surface area (TPSA) is 63.2 Å². The van der Waals surface area contributed by atoms with E-state index in [4.69, 9.17) is 0 Å². The monoisotopic (exact) mass is 233 g/mol. The molecule has 0 spiro atoms. The number of nitrogens with one attached hydrogen (secondary N) is 1. The van der Waals surface area contributed by atoms with Crippen molar-refractivity contribution in [1.29, 1.82) is 0 Å². The molecule has 0 aliphatic carbocycles. The molecule has 1 aliphatic rings. The summed E-state index contributed by atoms with van der Waals surface area (Å²) in [5.41, 5.74) is 0. The first-order valence-corrected chi connectivity index (χ1v) is 7.37. The second-order valence-electron chi connectivity index (χ2n) is 4.44. The largest absolute Gasteiger partial charge is 0.316 e. The van der Waals surface area contributed by atoms with Crippen molar-refractivity contribution in [3.05, 3.63) is 0 Å². The minimum atomic E-state index is -2.92. The van der Waals surface area contributed by atoms with Crippen LogP contribution in [0.4, 0.5) is 0 Å². The lowest BCUT2D eigenvalue weighted by molar-refractivity contribution is -0.123. The summed E-state index contributed by atoms with van der Waals surface area (Å²) in [4.78, 5) is 11.7. The Labute approximate surface area is 91.4 Å². The third kappa shape index (κ3) is 4.30. The molecule has 1 saturated heterocycles. The molecule has 1 aliphatic heterocycles. The van der Waals surface area contributed by atoms with E-state index < -0.39 is 9.84 Å². The van der Waals surface area contributed by atoms with Gasteiger partial charge in [-0.3, -0.25) is 4.79 Å². The molecule has 2 atom stereocenters. The summed E-state index contributed by atoms with van der Waals surface area (Å²) in [6.45, 7) is 3.69. The standard InChI is InChI=1S/C10H19NO3S/c1-8-6-11-7-9(8)10(12)4-3-5-15(2,13)14/h8-9,11H,3-7H2,1-2H3. The summed E-state index contributed by atoms with van der Waals surface area (Å²) < 4.78 is 21.7. The number of sulfone groups is 1. The number of rotatable bonds is 5. The molecule has 0 aromatic heterocycles. The van der Waals surface area contributed by atoms with Crippen molar-refractivity contribution < 1.29 is 13.2 Å². The van der Waals surface area contributed by atoms with Gasteiger partial charge in [-0.1, -0.05) is 6.92 Å². The molecule has 2 unspecified atom stereocenters.